The Hall–Kier alpha value is -2.37. The van der Waals surface area contributed by atoms with Crippen LogP contribution >= 0.6 is 23.8 Å². The second-order valence-corrected chi connectivity index (χ2v) is 6.27. The van der Waals surface area contributed by atoms with Gasteiger partial charge in [0, 0.05) is 11.9 Å². The van der Waals surface area contributed by atoms with Gasteiger partial charge >= 0.3 is 0 Å². The second kappa shape index (κ2) is 7.47. The normalized spacial score (nSPS) is 10.4. The molecule has 6 heteroatoms. The number of nitrogens with zero attached hydrogens (tertiary/aromatic N) is 2. The number of thiocarbonyl (C=S) groups is 1. The highest BCUT2D eigenvalue weighted by molar-refractivity contribution is 7.80. The number of hydrogen-bond donors (Lipinski definition) is 2. The van der Waals surface area contributed by atoms with E-state index in [0.717, 1.165) is 11.3 Å². The Kier molecular flexibility index (Phi) is 5.13. The van der Waals surface area contributed by atoms with Crippen LogP contribution in [0, 0.1) is 6.92 Å². The average Bonchev–Trinajstić information content (AvgIpc) is 2.90. The minimum atomic E-state index is 0.450. The zero-order valence-corrected chi connectivity index (χ0v) is 14.7. The summed E-state index contributed by atoms with van der Waals surface area (Å²) in [5.74, 6) is 0.539. The maximum atomic E-state index is 6.25. The van der Waals surface area contributed by atoms with Crippen LogP contribution in [-0.4, -0.2) is 14.9 Å². The molecule has 0 saturated carbocycles. The van der Waals surface area contributed by atoms with Gasteiger partial charge in [-0.25, -0.2) is 0 Å². The van der Waals surface area contributed by atoms with E-state index < -0.39 is 0 Å². The smallest absolute Gasteiger partial charge is 0.176 e. The van der Waals surface area contributed by atoms with Crippen LogP contribution in [-0.2, 0) is 6.54 Å². The zero-order valence-electron chi connectivity index (χ0n) is 13.2. The molecule has 0 amide bonds. The van der Waals surface area contributed by atoms with Gasteiger partial charge in [0.05, 0.1) is 6.54 Å². The lowest BCUT2D eigenvalue weighted by molar-refractivity contribution is 0.690. The number of benzene rings is 2. The van der Waals surface area contributed by atoms with Crippen molar-refractivity contribution in [1.29, 1.82) is 0 Å². The number of nitrogens with one attached hydrogen (secondary N) is 2. The van der Waals surface area contributed by atoms with E-state index in [1.54, 1.807) is 10.9 Å². The standard InChI is InChI=1S/C18H17ClN4S/c1-13-7-9-15(10-8-13)20-18(24)21-17-16(19)12-23(22-17)11-14-5-3-2-4-6-14/h2-10,12H,11H2,1H3,(H2,20,21,22,24). The van der Waals surface area contributed by atoms with Crippen molar-refractivity contribution < 1.29 is 0 Å². The Morgan fingerprint density at radius 2 is 1.79 bits per heavy atom. The first-order chi connectivity index (χ1) is 11.6. The molecule has 4 nitrogen and oxygen atoms in total. The fourth-order valence-corrected chi connectivity index (χ4v) is 2.65. The molecular formula is C18H17ClN4S. The van der Waals surface area contributed by atoms with Crippen molar-refractivity contribution in [3.05, 3.63) is 76.9 Å². The molecule has 0 aliphatic rings. The molecule has 0 atom stereocenters. The van der Waals surface area contributed by atoms with Gasteiger partial charge in [-0.3, -0.25) is 4.68 Å². The molecule has 0 fully saturated rings. The van der Waals surface area contributed by atoms with Gasteiger partial charge in [-0.15, -0.1) is 0 Å². The Morgan fingerprint density at radius 1 is 1.08 bits per heavy atom. The summed E-state index contributed by atoms with van der Waals surface area (Å²) in [6.45, 7) is 2.69. The summed E-state index contributed by atoms with van der Waals surface area (Å²) >= 11 is 11.6. The van der Waals surface area contributed by atoms with Crippen molar-refractivity contribution in [3.63, 3.8) is 0 Å². The fraction of sp³-hybridized carbons (Fsp3) is 0.111. The first kappa shape index (κ1) is 16.5. The molecule has 0 unspecified atom stereocenters. The number of rotatable bonds is 4. The molecular weight excluding hydrogens is 340 g/mol. The average molecular weight is 357 g/mol. The van der Waals surface area contributed by atoms with Gasteiger partial charge in [0.25, 0.3) is 0 Å². The van der Waals surface area contributed by atoms with Crippen molar-refractivity contribution in [3.8, 4) is 0 Å². The van der Waals surface area contributed by atoms with Crippen LogP contribution < -0.4 is 10.6 Å². The van der Waals surface area contributed by atoms with Crippen LogP contribution in [0.15, 0.2) is 60.8 Å². The molecule has 2 aromatic carbocycles. The van der Waals surface area contributed by atoms with Crippen LogP contribution in [0.5, 0.6) is 0 Å². The van der Waals surface area contributed by atoms with Crippen molar-refractivity contribution in [1.82, 2.24) is 9.78 Å². The van der Waals surface area contributed by atoms with Crippen LogP contribution in [0.25, 0.3) is 0 Å². The van der Waals surface area contributed by atoms with E-state index in [-0.39, 0.29) is 0 Å². The molecule has 0 radical (unpaired) electrons. The predicted octanol–water partition coefficient (Wildman–Crippen LogP) is 4.70. The van der Waals surface area contributed by atoms with E-state index in [1.807, 2.05) is 61.5 Å². The van der Waals surface area contributed by atoms with Crippen molar-refractivity contribution >= 4 is 40.4 Å². The van der Waals surface area contributed by atoms with Crippen molar-refractivity contribution in [2.45, 2.75) is 13.5 Å². The van der Waals surface area contributed by atoms with Gasteiger partial charge in [0.15, 0.2) is 10.9 Å². The van der Waals surface area contributed by atoms with Gasteiger partial charge in [-0.1, -0.05) is 59.6 Å². The van der Waals surface area contributed by atoms with Crippen LogP contribution in [0.4, 0.5) is 11.5 Å². The highest BCUT2D eigenvalue weighted by atomic mass is 35.5. The summed E-state index contributed by atoms with van der Waals surface area (Å²) in [5, 5.41) is 11.6. The zero-order chi connectivity index (χ0) is 16.9. The summed E-state index contributed by atoms with van der Waals surface area (Å²) in [5.41, 5.74) is 3.27. The molecule has 0 aliphatic carbocycles. The lowest BCUT2D eigenvalue weighted by Gasteiger charge is -2.09. The third kappa shape index (κ3) is 4.34. The molecule has 2 N–H and O–H groups in total. The van der Waals surface area contributed by atoms with Gasteiger partial charge in [0.1, 0.15) is 5.02 Å². The summed E-state index contributed by atoms with van der Waals surface area (Å²) in [6, 6.07) is 18.1. The minimum Gasteiger partial charge on any atom is -0.332 e. The fourth-order valence-electron chi connectivity index (χ4n) is 2.24. The summed E-state index contributed by atoms with van der Waals surface area (Å²) in [6.07, 6.45) is 1.78. The number of aryl methyl sites for hydroxylation is 1. The molecule has 0 spiro atoms. The first-order valence-corrected chi connectivity index (χ1v) is 8.30. The number of halogens is 1. The van der Waals surface area contributed by atoms with E-state index in [1.165, 1.54) is 5.56 Å². The predicted molar refractivity (Wildman–Crippen MR) is 104 cm³/mol. The highest BCUT2D eigenvalue weighted by Crippen LogP contribution is 2.20. The van der Waals surface area contributed by atoms with E-state index >= 15 is 0 Å². The van der Waals surface area contributed by atoms with Gasteiger partial charge in [0.2, 0.25) is 0 Å². The van der Waals surface area contributed by atoms with E-state index in [9.17, 15) is 0 Å². The van der Waals surface area contributed by atoms with Gasteiger partial charge in [-0.2, -0.15) is 5.10 Å². The summed E-state index contributed by atoms with van der Waals surface area (Å²) in [4.78, 5) is 0. The second-order valence-electron chi connectivity index (χ2n) is 5.45. The number of hydrogen-bond acceptors (Lipinski definition) is 2. The van der Waals surface area contributed by atoms with E-state index in [4.69, 9.17) is 23.8 Å². The monoisotopic (exact) mass is 356 g/mol. The number of aromatic nitrogens is 2. The largest absolute Gasteiger partial charge is 0.332 e. The van der Waals surface area contributed by atoms with Crippen molar-refractivity contribution in [2.75, 3.05) is 10.6 Å². The third-order valence-electron chi connectivity index (χ3n) is 3.45. The van der Waals surface area contributed by atoms with Crippen LogP contribution in [0.2, 0.25) is 5.02 Å². The molecule has 0 aliphatic heterocycles. The third-order valence-corrected chi connectivity index (χ3v) is 3.93. The SMILES string of the molecule is Cc1ccc(NC(=S)Nc2nn(Cc3ccccc3)cc2Cl)cc1. The Bertz CT molecular complexity index is 828. The molecule has 1 heterocycles. The van der Waals surface area contributed by atoms with Crippen LogP contribution in [0.1, 0.15) is 11.1 Å². The highest BCUT2D eigenvalue weighted by Gasteiger charge is 2.09. The van der Waals surface area contributed by atoms with Crippen molar-refractivity contribution in [2.24, 2.45) is 0 Å². The van der Waals surface area contributed by atoms with Gasteiger partial charge < -0.3 is 10.6 Å². The minimum absolute atomic E-state index is 0.450. The molecule has 3 aromatic rings. The Morgan fingerprint density at radius 3 is 2.50 bits per heavy atom. The first-order valence-electron chi connectivity index (χ1n) is 7.52. The lowest BCUT2D eigenvalue weighted by atomic mass is 10.2. The molecule has 122 valence electrons. The topological polar surface area (TPSA) is 41.9 Å². The summed E-state index contributed by atoms with van der Waals surface area (Å²) in [7, 11) is 0. The molecule has 3 rings (SSSR count). The van der Waals surface area contributed by atoms with Crippen LogP contribution in [0.3, 0.4) is 0 Å². The molecule has 0 bridgehead atoms. The van der Waals surface area contributed by atoms with E-state index in [2.05, 4.69) is 15.7 Å². The maximum absolute atomic E-state index is 6.25. The molecule has 0 saturated heterocycles. The summed E-state index contributed by atoms with van der Waals surface area (Å²) < 4.78 is 1.79. The van der Waals surface area contributed by atoms with E-state index in [0.29, 0.717) is 22.5 Å². The quantitative estimate of drug-likeness (QED) is 0.665. The van der Waals surface area contributed by atoms with Gasteiger partial charge in [-0.05, 0) is 36.8 Å². The number of anilines is 2. The Balaban J connectivity index is 1.64. The molecule has 1 aromatic heterocycles. The maximum Gasteiger partial charge on any atom is 0.176 e. The Labute approximate surface area is 151 Å². The molecule has 24 heavy (non-hydrogen) atoms. The lowest BCUT2D eigenvalue weighted by Crippen LogP contribution is -2.19.